The maximum atomic E-state index is 10.8. The molecule has 1 N–H and O–H groups in total. The summed E-state index contributed by atoms with van der Waals surface area (Å²) in [5, 5.41) is 12.4. The zero-order valence-corrected chi connectivity index (χ0v) is 19.7. The van der Waals surface area contributed by atoms with Gasteiger partial charge in [-0.25, -0.2) is 4.98 Å². The van der Waals surface area contributed by atoms with Gasteiger partial charge >= 0.3 is 5.97 Å². The normalized spacial score (nSPS) is 22.5. The number of thiazole rings is 1. The maximum Gasteiger partial charge on any atom is 0.303 e. The Morgan fingerprint density at radius 3 is 2.57 bits per heavy atom. The lowest BCUT2D eigenvalue weighted by molar-refractivity contribution is -0.137. The predicted octanol–water partition coefficient (Wildman–Crippen LogP) is 5.70. The second kappa shape index (κ2) is 9.84. The third kappa shape index (κ3) is 5.09. The molecule has 0 radical (unpaired) electrons. The molecule has 6 heteroatoms. The number of thioether (sulfide) groups is 1. The summed E-state index contributed by atoms with van der Waals surface area (Å²) in [5.74, 6) is 0.443. The van der Waals surface area contributed by atoms with Gasteiger partial charge in [0.1, 0.15) is 0 Å². The zero-order valence-electron chi connectivity index (χ0n) is 18.0. The van der Waals surface area contributed by atoms with Gasteiger partial charge in [-0.05, 0) is 87.4 Å². The largest absolute Gasteiger partial charge is 0.481 e. The van der Waals surface area contributed by atoms with Crippen molar-refractivity contribution < 1.29 is 9.90 Å². The maximum absolute atomic E-state index is 10.8. The van der Waals surface area contributed by atoms with E-state index in [2.05, 4.69) is 35.7 Å². The Hall–Kier alpha value is -1.37. The minimum Gasteiger partial charge on any atom is -0.481 e. The van der Waals surface area contributed by atoms with E-state index >= 15 is 0 Å². The van der Waals surface area contributed by atoms with Gasteiger partial charge in [0.25, 0.3) is 0 Å². The van der Waals surface area contributed by atoms with E-state index in [4.69, 9.17) is 10.1 Å². The fourth-order valence-corrected chi connectivity index (χ4v) is 6.49. The molecule has 4 nitrogen and oxygen atoms in total. The lowest BCUT2D eigenvalue weighted by atomic mass is 9.80. The zero-order chi connectivity index (χ0) is 21.1. The second-order valence-corrected chi connectivity index (χ2v) is 10.6. The number of rotatable bonds is 6. The van der Waals surface area contributed by atoms with Gasteiger partial charge in [0, 0.05) is 41.3 Å². The molecule has 0 spiro atoms. The highest BCUT2D eigenvalue weighted by atomic mass is 32.2. The van der Waals surface area contributed by atoms with Crippen LogP contribution in [-0.2, 0) is 17.6 Å². The number of carbonyl (C=O) groups is 1. The van der Waals surface area contributed by atoms with E-state index in [0.717, 1.165) is 63.7 Å². The number of hydrogen-bond acceptors (Lipinski definition) is 5. The summed E-state index contributed by atoms with van der Waals surface area (Å²) in [6.07, 6.45) is 10.1. The van der Waals surface area contributed by atoms with Crippen LogP contribution >= 0.6 is 23.1 Å². The Labute approximate surface area is 188 Å². The lowest BCUT2D eigenvalue weighted by Gasteiger charge is -2.26. The van der Waals surface area contributed by atoms with Crippen molar-refractivity contribution in [2.45, 2.75) is 62.2 Å². The fourth-order valence-electron chi connectivity index (χ4n) is 4.86. The van der Waals surface area contributed by atoms with Gasteiger partial charge in [-0.1, -0.05) is 0 Å². The summed E-state index contributed by atoms with van der Waals surface area (Å²) in [5.41, 5.74) is 5.42. The molecule has 1 aromatic heterocycles. The van der Waals surface area contributed by atoms with Crippen molar-refractivity contribution in [1.82, 2.24) is 9.88 Å². The van der Waals surface area contributed by atoms with Crippen LogP contribution in [0.3, 0.4) is 0 Å². The summed E-state index contributed by atoms with van der Waals surface area (Å²) in [6, 6.07) is 4.81. The van der Waals surface area contributed by atoms with E-state index in [1.54, 1.807) is 0 Å². The Bertz CT molecular complexity index is 887. The van der Waals surface area contributed by atoms with Crippen LogP contribution in [0.4, 0.5) is 0 Å². The number of fused-ring (bicyclic) bond motifs is 1. The van der Waals surface area contributed by atoms with E-state index in [1.807, 2.05) is 23.1 Å². The molecule has 2 aliphatic rings. The minimum absolute atomic E-state index is 0.308. The summed E-state index contributed by atoms with van der Waals surface area (Å²) >= 11 is 3.64. The number of aliphatic carboxylic acids is 1. The molecule has 2 aromatic rings. The summed E-state index contributed by atoms with van der Waals surface area (Å²) < 4.78 is 0. The number of carboxylic acids is 1. The number of hydrogen-bond donors (Lipinski definition) is 1. The molecule has 1 aliphatic carbocycles. The molecular formula is C24H32N2O2S2. The fraction of sp³-hybridized carbons (Fsp3) is 0.583. The van der Waals surface area contributed by atoms with Gasteiger partial charge in [0.05, 0.1) is 10.7 Å². The molecule has 1 aliphatic heterocycles. The molecule has 2 heterocycles. The van der Waals surface area contributed by atoms with E-state index in [-0.39, 0.29) is 0 Å². The van der Waals surface area contributed by atoms with Gasteiger partial charge in [0.2, 0.25) is 0 Å². The van der Waals surface area contributed by atoms with Gasteiger partial charge in [-0.3, -0.25) is 4.79 Å². The molecule has 4 rings (SSSR count). The first-order valence-electron chi connectivity index (χ1n) is 11.1. The first-order valence-corrected chi connectivity index (χ1v) is 13.2. The number of nitrogens with zero attached hydrogens (tertiary/aromatic N) is 2. The highest BCUT2D eigenvalue weighted by molar-refractivity contribution is 7.98. The first kappa shape index (κ1) is 21.8. The van der Waals surface area contributed by atoms with Crippen molar-refractivity contribution in [3.05, 3.63) is 33.6 Å². The smallest absolute Gasteiger partial charge is 0.303 e. The van der Waals surface area contributed by atoms with E-state index < -0.39 is 5.97 Å². The highest BCUT2D eigenvalue weighted by Gasteiger charge is 2.25. The van der Waals surface area contributed by atoms with Gasteiger partial charge in [-0.2, -0.15) is 0 Å². The quantitative estimate of drug-likeness (QED) is 0.579. The SMILES string of the molecule is CSc1cc2c(cc1-c1csc([C@H]3CC[C@H](CCC(=O)O)CC3)n1)CCN(C)CC2. The minimum atomic E-state index is -0.668. The van der Waals surface area contributed by atoms with Gasteiger partial charge < -0.3 is 10.0 Å². The molecule has 0 unspecified atom stereocenters. The van der Waals surface area contributed by atoms with Crippen LogP contribution in [0, 0.1) is 5.92 Å². The molecule has 1 aromatic carbocycles. The molecule has 0 atom stereocenters. The lowest BCUT2D eigenvalue weighted by Crippen LogP contribution is -2.20. The summed E-state index contributed by atoms with van der Waals surface area (Å²) in [7, 11) is 2.21. The number of benzene rings is 1. The highest BCUT2D eigenvalue weighted by Crippen LogP contribution is 2.41. The van der Waals surface area contributed by atoms with Crippen LogP contribution in [0.25, 0.3) is 11.3 Å². The first-order chi connectivity index (χ1) is 14.5. The molecule has 30 heavy (non-hydrogen) atoms. The van der Waals surface area contributed by atoms with Crippen molar-refractivity contribution in [1.29, 1.82) is 0 Å². The molecule has 0 saturated heterocycles. The molecule has 0 bridgehead atoms. The van der Waals surface area contributed by atoms with Crippen LogP contribution in [0.15, 0.2) is 22.4 Å². The average molecular weight is 445 g/mol. The third-order valence-electron chi connectivity index (χ3n) is 6.81. The molecular weight excluding hydrogens is 412 g/mol. The number of carboxylic acid groups (broad SMARTS) is 1. The van der Waals surface area contributed by atoms with Crippen molar-refractivity contribution in [3.8, 4) is 11.3 Å². The Kier molecular flexibility index (Phi) is 7.16. The third-order valence-corrected chi connectivity index (χ3v) is 8.59. The standard InChI is InChI=1S/C24H32N2O2S2/c1-26-11-9-18-13-20(22(29-2)14-19(18)10-12-26)21-15-30-24(25-21)17-6-3-16(4-7-17)5-8-23(27)28/h13-17H,3-12H2,1-2H3,(H,27,28)/t16-,17-. The number of aromatic nitrogens is 1. The van der Waals surface area contributed by atoms with Crippen LogP contribution in [-0.4, -0.2) is 47.4 Å². The Morgan fingerprint density at radius 1 is 1.20 bits per heavy atom. The molecule has 1 saturated carbocycles. The van der Waals surface area contributed by atoms with Crippen molar-refractivity contribution in [3.63, 3.8) is 0 Å². The second-order valence-electron chi connectivity index (χ2n) is 8.85. The van der Waals surface area contributed by atoms with Gasteiger partial charge in [-0.15, -0.1) is 23.1 Å². The van der Waals surface area contributed by atoms with E-state index in [0.29, 0.717) is 18.3 Å². The summed E-state index contributed by atoms with van der Waals surface area (Å²) in [4.78, 5) is 19.7. The van der Waals surface area contributed by atoms with Crippen molar-refractivity contribution in [2.24, 2.45) is 5.92 Å². The molecule has 162 valence electrons. The van der Waals surface area contributed by atoms with Crippen LogP contribution < -0.4 is 0 Å². The molecule has 0 amide bonds. The van der Waals surface area contributed by atoms with Crippen molar-refractivity contribution in [2.75, 3.05) is 26.4 Å². The van der Waals surface area contributed by atoms with Crippen molar-refractivity contribution >= 4 is 29.1 Å². The Morgan fingerprint density at radius 2 is 1.90 bits per heavy atom. The van der Waals surface area contributed by atoms with E-state index in [1.165, 1.54) is 26.6 Å². The monoisotopic (exact) mass is 444 g/mol. The topological polar surface area (TPSA) is 53.4 Å². The summed E-state index contributed by atoms with van der Waals surface area (Å²) in [6.45, 7) is 2.26. The number of likely N-dealkylation sites (N-methyl/N-ethyl adjacent to an activating group) is 1. The van der Waals surface area contributed by atoms with Gasteiger partial charge in [0.15, 0.2) is 0 Å². The predicted molar refractivity (Wildman–Crippen MR) is 126 cm³/mol. The average Bonchev–Trinajstić information content (AvgIpc) is 3.17. The van der Waals surface area contributed by atoms with Crippen LogP contribution in [0.5, 0.6) is 0 Å². The van der Waals surface area contributed by atoms with Crippen LogP contribution in [0.1, 0.15) is 60.6 Å². The Balaban J connectivity index is 1.48. The van der Waals surface area contributed by atoms with Crippen LogP contribution in [0.2, 0.25) is 0 Å². The molecule has 1 fully saturated rings. The van der Waals surface area contributed by atoms with E-state index in [9.17, 15) is 4.79 Å².